The van der Waals surface area contributed by atoms with Gasteiger partial charge in [-0.05, 0) is 19.1 Å². The fraction of sp³-hybridized carbons (Fsp3) is 0.167. The van der Waals surface area contributed by atoms with Gasteiger partial charge in [-0.15, -0.1) is 11.3 Å². The van der Waals surface area contributed by atoms with Crippen molar-refractivity contribution in [1.82, 2.24) is 4.98 Å². The molecule has 2 aromatic rings. The van der Waals surface area contributed by atoms with Crippen molar-refractivity contribution >= 4 is 51.2 Å². The third kappa shape index (κ3) is 3.18. The quantitative estimate of drug-likeness (QED) is 0.851. The standard InChI is InChI=1S/C12H10Cl2N2O2S/c1-2-18-12(17)10-11(19-6-15-10)16-8-5-3-4-7(13)9(8)14/h3-6,16H,2H2,1H3. The Balaban J connectivity index is 2.27. The first-order chi connectivity index (χ1) is 9.13. The van der Waals surface area contributed by atoms with Crippen LogP contribution >= 0.6 is 34.5 Å². The molecule has 0 unspecified atom stereocenters. The average Bonchev–Trinajstić information content (AvgIpc) is 2.83. The van der Waals surface area contributed by atoms with Crippen molar-refractivity contribution < 1.29 is 9.53 Å². The molecule has 0 radical (unpaired) electrons. The Morgan fingerprint density at radius 1 is 1.47 bits per heavy atom. The minimum atomic E-state index is -0.468. The topological polar surface area (TPSA) is 51.2 Å². The molecule has 0 fully saturated rings. The normalized spacial score (nSPS) is 10.3. The van der Waals surface area contributed by atoms with Crippen molar-refractivity contribution in [1.29, 1.82) is 0 Å². The molecule has 1 heterocycles. The Labute approximate surface area is 124 Å². The summed E-state index contributed by atoms with van der Waals surface area (Å²) in [5.74, 6) is -0.468. The average molecular weight is 317 g/mol. The van der Waals surface area contributed by atoms with E-state index < -0.39 is 5.97 Å². The van der Waals surface area contributed by atoms with E-state index in [2.05, 4.69) is 10.3 Å². The van der Waals surface area contributed by atoms with Crippen LogP contribution in [0.25, 0.3) is 0 Å². The van der Waals surface area contributed by atoms with Gasteiger partial charge in [0.25, 0.3) is 0 Å². The van der Waals surface area contributed by atoms with Crippen molar-refractivity contribution in [3.8, 4) is 0 Å². The number of nitrogens with zero attached hydrogens (tertiary/aromatic N) is 1. The van der Waals surface area contributed by atoms with E-state index in [0.29, 0.717) is 27.3 Å². The highest BCUT2D eigenvalue weighted by molar-refractivity contribution is 7.14. The van der Waals surface area contributed by atoms with E-state index in [1.165, 1.54) is 11.3 Å². The predicted molar refractivity (Wildman–Crippen MR) is 77.8 cm³/mol. The number of nitrogens with one attached hydrogen (secondary N) is 1. The third-order valence-corrected chi connectivity index (χ3v) is 3.80. The van der Waals surface area contributed by atoms with E-state index in [4.69, 9.17) is 27.9 Å². The molecule has 2 rings (SSSR count). The molecule has 0 aliphatic rings. The van der Waals surface area contributed by atoms with Crippen molar-refractivity contribution in [2.75, 3.05) is 11.9 Å². The minimum absolute atomic E-state index is 0.239. The highest BCUT2D eigenvalue weighted by atomic mass is 35.5. The maximum Gasteiger partial charge on any atom is 0.360 e. The zero-order chi connectivity index (χ0) is 13.8. The van der Waals surface area contributed by atoms with Crippen LogP contribution in [0.5, 0.6) is 0 Å². The first kappa shape index (κ1) is 14.1. The highest BCUT2D eigenvalue weighted by Gasteiger charge is 2.17. The van der Waals surface area contributed by atoms with Gasteiger partial charge < -0.3 is 10.1 Å². The summed E-state index contributed by atoms with van der Waals surface area (Å²) >= 11 is 13.3. The van der Waals surface area contributed by atoms with E-state index in [9.17, 15) is 4.79 Å². The lowest BCUT2D eigenvalue weighted by Crippen LogP contribution is -2.07. The third-order valence-electron chi connectivity index (χ3n) is 2.24. The molecule has 0 bridgehead atoms. The number of anilines is 2. The maximum absolute atomic E-state index is 11.7. The minimum Gasteiger partial charge on any atom is -0.461 e. The lowest BCUT2D eigenvalue weighted by molar-refractivity contribution is 0.0521. The Bertz CT molecular complexity index is 601. The van der Waals surface area contributed by atoms with E-state index in [-0.39, 0.29) is 5.69 Å². The first-order valence-electron chi connectivity index (χ1n) is 5.45. The molecule has 1 N–H and O–H groups in total. The first-order valence-corrected chi connectivity index (χ1v) is 7.08. The molecule has 0 saturated heterocycles. The Morgan fingerprint density at radius 2 is 2.26 bits per heavy atom. The predicted octanol–water partition coefficient (Wildman–Crippen LogP) is 4.37. The Kier molecular flexibility index (Phi) is 4.63. The van der Waals surface area contributed by atoms with Crippen LogP contribution in [0, 0.1) is 0 Å². The van der Waals surface area contributed by atoms with E-state index in [0.717, 1.165) is 0 Å². The maximum atomic E-state index is 11.7. The van der Waals surface area contributed by atoms with Crippen molar-refractivity contribution in [2.24, 2.45) is 0 Å². The van der Waals surface area contributed by atoms with Crippen LogP contribution in [0.2, 0.25) is 10.0 Å². The molecule has 0 saturated carbocycles. The van der Waals surface area contributed by atoms with Gasteiger partial charge in [0, 0.05) is 0 Å². The van der Waals surface area contributed by atoms with Crippen LogP contribution in [0.1, 0.15) is 17.4 Å². The van der Waals surface area contributed by atoms with Gasteiger partial charge in [0.15, 0.2) is 5.69 Å². The zero-order valence-corrected chi connectivity index (χ0v) is 12.3. The number of aromatic nitrogens is 1. The zero-order valence-electron chi connectivity index (χ0n) is 9.94. The summed E-state index contributed by atoms with van der Waals surface area (Å²) in [5, 5.41) is 4.45. The molecule has 100 valence electrons. The van der Waals surface area contributed by atoms with Gasteiger partial charge in [-0.25, -0.2) is 9.78 Å². The number of carbonyl (C=O) groups is 1. The van der Waals surface area contributed by atoms with Crippen molar-refractivity contribution in [2.45, 2.75) is 6.92 Å². The molecule has 0 spiro atoms. The number of benzene rings is 1. The molecule has 1 aromatic carbocycles. The summed E-state index contributed by atoms with van der Waals surface area (Å²) in [4.78, 5) is 15.7. The lowest BCUT2D eigenvalue weighted by atomic mass is 10.3. The van der Waals surface area contributed by atoms with E-state index in [1.54, 1.807) is 30.6 Å². The monoisotopic (exact) mass is 316 g/mol. The molecule has 19 heavy (non-hydrogen) atoms. The summed E-state index contributed by atoms with van der Waals surface area (Å²) in [6, 6.07) is 5.22. The smallest absolute Gasteiger partial charge is 0.360 e. The second-order valence-electron chi connectivity index (χ2n) is 3.48. The van der Waals surface area contributed by atoms with Crippen LogP contribution in [0.15, 0.2) is 23.7 Å². The highest BCUT2D eigenvalue weighted by Crippen LogP contribution is 2.34. The van der Waals surface area contributed by atoms with Gasteiger partial charge in [0.1, 0.15) is 5.00 Å². The van der Waals surface area contributed by atoms with Crippen LogP contribution in [0.4, 0.5) is 10.7 Å². The summed E-state index contributed by atoms with van der Waals surface area (Å²) < 4.78 is 4.92. The van der Waals surface area contributed by atoms with E-state index >= 15 is 0 Å². The van der Waals surface area contributed by atoms with Gasteiger partial charge in [0.2, 0.25) is 0 Å². The summed E-state index contributed by atoms with van der Waals surface area (Å²) in [7, 11) is 0. The van der Waals surface area contributed by atoms with Gasteiger partial charge in [-0.1, -0.05) is 29.3 Å². The van der Waals surface area contributed by atoms with Crippen LogP contribution in [0.3, 0.4) is 0 Å². The largest absolute Gasteiger partial charge is 0.461 e. The van der Waals surface area contributed by atoms with Crippen LogP contribution in [-0.2, 0) is 4.74 Å². The van der Waals surface area contributed by atoms with Crippen LogP contribution < -0.4 is 5.32 Å². The number of carbonyl (C=O) groups excluding carboxylic acids is 1. The summed E-state index contributed by atoms with van der Waals surface area (Å²) in [5.41, 5.74) is 2.42. The van der Waals surface area contributed by atoms with Gasteiger partial charge in [-0.2, -0.15) is 0 Å². The number of rotatable bonds is 4. The Morgan fingerprint density at radius 3 is 3.00 bits per heavy atom. The number of hydrogen-bond acceptors (Lipinski definition) is 5. The molecule has 0 aliphatic carbocycles. The molecule has 0 atom stereocenters. The second-order valence-corrected chi connectivity index (χ2v) is 5.12. The molecule has 0 amide bonds. The van der Waals surface area contributed by atoms with Gasteiger partial charge in [0.05, 0.1) is 27.9 Å². The molecular formula is C12H10Cl2N2O2S. The van der Waals surface area contributed by atoms with Crippen molar-refractivity contribution in [3.63, 3.8) is 0 Å². The van der Waals surface area contributed by atoms with Crippen LogP contribution in [-0.4, -0.2) is 17.6 Å². The molecule has 1 aromatic heterocycles. The van der Waals surface area contributed by atoms with Crippen molar-refractivity contribution in [3.05, 3.63) is 39.4 Å². The SMILES string of the molecule is CCOC(=O)c1ncsc1Nc1cccc(Cl)c1Cl. The number of esters is 1. The molecule has 7 heteroatoms. The number of halogens is 2. The number of ether oxygens (including phenoxy) is 1. The van der Waals surface area contributed by atoms with Gasteiger partial charge in [-0.3, -0.25) is 0 Å². The van der Waals surface area contributed by atoms with Gasteiger partial charge >= 0.3 is 5.97 Å². The fourth-order valence-electron chi connectivity index (χ4n) is 1.40. The number of hydrogen-bond donors (Lipinski definition) is 1. The number of thiazole rings is 1. The molecule has 4 nitrogen and oxygen atoms in total. The molecular weight excluding hydrogens is 307 g/mol. The van der Waals surface area contributed by atoms with E-state index in [1.807, 2.05) is 0 Å². The molecule has 0 aliphatic heterocycles. The summed E-state index contributed by atoms with van der Waals surface area (Å²) in [6.45, 7) is 2.04. The fourth-order valence-corrected chi connectivity index (χ4v) is 2.43. The lowest BCUT2D eigenvalue weighted by Gasteiger charge is -2.08. The Hall–Kier alpha value is -1.30. The second kappa shape index (κ2) is 6.23. The summed E-state index contributed by atoms with van der Waals surface area (Å²) in [6.07, 6.45) is 0.